The zero-order valence-corrected chi connectivity index (χ0v) is 9.88. The minimum atomic E-state index is -0.960. The lowest BCUT2D eigenvalue weighted by Crippen LogP contribution is -2.28. The fourth-order valence-corrected chi connectivity index (χ4v) is 2.24. The summed E-state index contributed by atoms with van der Waals surface area (Å²) in [6, 6.07) is 5.28. The van der Waals surface area contributed by atoms with Gasteiger partial charge in [-0.2, -0.15) is 0 Å². The number of aliphatic hydroxyl groups excluding tert-OH is 1. The summed E-state index contributed by atoms with van der Waals surface area (Å²) >= 11 is 3.31. The van der Waals surface area contributed by atoms with Gasteiger partial charge in [-0.05, 0) is 18.2 Å². The highest BCUT2D eigenvalue weighted by molar-refractivity contribution is 9.10. The molecule has 0 saturated carbocycles. The van der Waals surface area contributed by atoms with E-state index in [0.29, 0.717) is 5.75 Å². The number of nitrogens with zero attached hydrogens (tertiary/aromatic N) is 1. The Labute approximate surface area is 100 Å². The molecule has 1 unspecified atom stereocenters. The van der Waals surface area contributed by atoms with Crippen LogP contribution < -0.4 is 4.74 Å². The molecule has 0 spiro atoms. The number of benzene rings is 1. The van der Waals surface area contributed by atoms with Crippen molar-refractivity contribution in [1.29, 1.82) is 0 Å². The molecule has 2 atom stereocenters. The van der Waals surface area contributed by atoms with Crippen molar-refractivity contribution in [3.63, 3.8) is 0 Å². The first-order valence-corrected chi connectivity index (χ1v) is 5.61. The van der Waals surface area contributed by atoms with Crippen LogP contribution in [0, 0.1) is 10.1 Å². The molecule has 6 heteroatoms. The van der Waals surface area contributed by atoms with Crippen molar-refractivity contribution in [3.8, 4) is 5.75 Å². The summed E-state index contributed by atoms with van der Waals surface area (Å²) < 4.78 is 6.06. The average Bonchev–Trinajstić information content (AvgIpc) is 2.18. The molecule has 1 N–H and O–H groups in total. The Bertz CT molecular complexity index is 423. The van der Waals surface area contributed by atoms with Crippen molar-refractivity contribution in [2.45, 2.75) is 18.6 Å². The Morgan fingerprint density at radius 1 is 1.62 bits per heavy atom. The molecule has 0 bridgehead atoms. The standard InChI is InChI=1S/C10H10BrNO4/c11-7-1-2-9-8(4-7)6(5-12(14)15)3-10(13)16-9/h1-2,4,6,10,13H,3,5H2/t6-,10?/m1/s1. The van der Waals surface area contributed by atoms with Crippen LogP contribution in [0.2, 0.25) is 0 Å². The van der Waals surface area contributed by atoms with Crippen LogP contribution in [0.3, 0.4) is 0 Å². The smallest absolute Gasteiger partial charge is 0.211 e. The molecule has 1 aliphatic heterocycles. The molecule has 0 fully saturated rings. The third kappa shape index (κ3) is 2.33. The maximum atomic E-state index is 10.5. The summed E-state index contributed by atoms with van der Waals surface area (Å²) in [5.41, 5.74) is 0.774. The second kappa shape index (κ2) is 4.39. The first kappa shape index (κ1) is 11.3. The van der Waals surface area contributed by atoms with Crippen molar-refractivity contribution in [2.75, 3.05) is 6.54 Å². The lowest BCUT2D eigenvalue weighted by molar-refractivity contribution is -0.484. The summed E-state index contributed by atoms with van der Waals surface area (Å²) in [6.07, 6.45) is -0.705. The van der Waals surface area contributed by atoms with Gasteiger partial charge in [0.15, 0.2) is 6.29 Å². The molecule has 1 aromatic rings. The lowest BCUT2D eigenvalue weighted by atomic mass is 9.92. The number of fused-ring (bicyclic) bond motifs is 1. The molecule has 0 saturated heterocycles. The van der Waals surface area contributed by atoms with Gasteiger partial charge in [-0.1, -0.05) is 15.9 Å². The van der Waals surface area contributed by atoms with Crippen LogP contribution in [-0.2, 0) is 0 Å². The van der Waals surface area contributed by atoms with E-state index >= 15 is 0 Å². The predicted octanol–water partition coefficient (Wildman–Crippen LogP) is 1.91. The molecule has 5 nitrogen and oxygen atoms in total. The van der Waals surface area contributed by atoms with Crippen LogP contribution in [0.5, 0.6) is 5.75 Å². The monoisotopic (exact) mass is 287 g/mol. The van der Waals surface area contributed by atoms with Gasteiger partial charge >= 0.3 is 0 Å². The fourth-order valence-electron chi connectivity index (χ4n) is 1.86. The van der Waals surface area contributed by atoms with E-state index in [1.54, 1.807) is 18.2 Å². The molecule has 0 aliphatic carbocycles. The molecular weight excluding hydrogens is 278 g/mol. The van der Waals surface area contributed by atoms with Crippen molar-refractivity contribution in [1.82, 2.24) is 0 Å². The molecule has 0 radical (unpaired) electrons. The van der Waals surface area contributed by atoms with Crippen molar-refractivity contribution in [3.05, 3.63) is 38.3 Å². The van der Waals surface area contributed by atoms with Crippen LogP contribution in [0.4, 0.5) is 0 Å². The second-order valence-electron chi connectivity index (χ2n) is 3.70. The van der Waals surface area contributed by atoms with Gasteiger partial charge in [-0.15, -0.1) is 0 Å². The number of rotatable bonds is 2. The minimum Gasteiger partial charge on any atom is -0.465 e. The van der Waals surface area contributed by atoms with Gasteiger partial charge in [0.1, 0.15) is 5.75 Å². The van der Waals surface area contributed by atoms with E-state index < -0.39 is 6.29 Å². The van der Waals surface area contributed by atoms with Gasteiger partial charge in [0.05, 0.1) is 5.92 Å². The number of hydrogen-bond acceptors (Lipinski definition) is 4. The third-order valence-corrected chi connectivity index (χ3v) is 3.02. The van der Waals surface area contributed by atoms with Crippen LogP contribution in [0.1, 0.15) is 17.9 Å². The zero-order valence-electron chi connectivity index (χ0n) is 8.30. The molecule has 1 aromatic carbocycles. The number of ether oxygens (including phenoxy) is 1. The summed E-state index contributed by atoms with van der Waals surface area (Å²) in [7, 11) is 0. The fraction of sp³-hybridized carbons (Fsp3) is 0.400. The largest absolute Gasteiger partial charge is 0.465 e. The van der Waals surface area contributed by atoms with E-state index in [-0.39, 0.29) is 23.8 Å². The van der Waals surface area contributed by atoms with Gasteiger partial charge in [0.25, 0.3) is 0 Å². The van der Waals surface area contributed by atoms with Gasteiger partial charge < -0.3 is 9.84 Å². The van der Waals surface area contributed by atoms with Gasteiger partial charge in [-0.25, -0.2) is 0 Å². The highest BCUT2D eigenvalue weighted by atomic mass is 79.9. The number of nitro groups is 1. The van der Waals surface area contributed by atoms with Gasteiger partial charge in [-0.3, -0.25) is 10.1 Å². The molecule has 1 aliphatic rings. The lowest BCUT2D eigenvalue weighted by Gasteiger charge is -2.27. The van der Waals surface area contributed by atoms with Crippen LogP contribution in [-0.4, -0.2) is 22.9 Å². The van der Waals surface area contributed by atoms with Gasteiger partial charge in [0, 0.05) is 21.4 Å². The Morgan fingerprint density at radius 2 is 2.38 bits per heavy atom. The summed E-state index contributed by atoms with van der Waals surface area (Å²) in [4.78, 5) is 10.2. The van der Waals surface area contributed by atoms with Crippen molar-refractivity contribution in [2.24, 2.45) is 0 Å². The van der Waals surface area contributed by atoms with E-state index in [1.807, 2.05) is 0 Å². The normalized spacial score (nSPS) is 23.4. The van der Waals surface area contributed by atoms with Gasteiger partial charge in [0.2, 0.25) is 6.54 Å². The summed E-state index contributed by atoms with van der Waals surface area (Å²) in [6.45, 7) is -0.191. The topological polar surface area (TPSA) is 72.6 Å². The second-order valence-corrected chi connectivity index (χ2v) is 4.62. The van der Waals surface area contributed by atoms with E-state index in [0.717, 1.165) is 10.0 Å². The SMILES string of the molecule is O=[N+]([O-])C[C@H]1CC(O)Oc2ccc(Br)cc21. The molecule has 16 heavy (non-hydrogen) atoms. The first-order chi connectivity index (χ1) is 7.56. The average molecular weight is 288 g/mol. The molecule has 0 aromatic heterocycles. The van der Waals surface area contributed by atoms with E-state index in [2.05, 4.69) is 15.9 Å². The highest BCUT2D eigenvalue weighted by Crippen LogP contribution is 2.37. The summed E-state index contributed by atoms with van der Waals surface area (Å²) in [5.74, 6) is 0.222. The molecule has 2 rings (SSSR count). The molecule has 1 heterocycles. The van der Waals surface area contributed by atoms with E-state index in [9.17, 15) is 15.2 Å². The van der Waals surface area contributed by atoms with Crippen LogP contribution >= 0.6 is 15.9 Å². The predicted molar refractivity (Wildman–Crippen MR) is 60.0 cm³/mol. The first-order valence-electron chi connectivity index (χ1n) is 4.82. The van der Waals surface area contributed by atoms with Crippen LogP contribution in [0.15, 0.2) is 22.7 Å². The third-order valence-electron chi connectivity index (χ3n) is 2.53. The molecule has 0 amide bonds. The van der Waals surface area contributed by atoms with Crippen LogP contribution in [0.25, 0.3) is 0 Å². The Morgan fingerprint density at radius 3 is 3.06 bits per heavy atom. The molecular formula is C10H10BrNO4. The Kier molecular flexibility index (Phi) is 3.11. The van der Waals surface area contributed by atoms with E-state index in [1.165, 1.54) is 0 Å². The highest BCUT2D eigenvalue weighted by Gasteiger charge is 2.30. The Hall–Kier alpha value is -1.14. The van der Waals surface area contributed by atoms with E-state index in [4.69, 9.17) is 4.74 Å². The maximum absolute atomic E-state index is 10.5. The maximum Gasteiger partial charge on any atom is 0.211 e. The quantitative estimate of drug-likeness (QED) is 0.666. The number of hydrogen-bond donors (Lipinski definition) is 1. The van der Waals surface area contributed by atoms with Crippen molar-refractivity contribution >= 4 is 15.9 Å². The zero-order chi connectivity index (χ0) is 11.7. The number of halogens is 1. The minimum absolute atomic E-state index is 0.191. The summed E-state index contributed by atoms with van der Waals surface area (Å²) in [5, 5.41) is 20.0. The number of aliphatic hydroxyl groups is 1. The molecule has 86 valence electrons. The Balaban J connectivity index is 2.35. The van der Waals surface area contributed by atoms with Crippen molar-refractivity contribution < 1.29 is 14.8 Å².